The molecule has 6 rings (SSSR count). The van der Waals surface area contributed by atoms with Crippen LogP contribution in [0.15, 0.2) is 72.8 Å². The zero-order valence-electron chi connectivity index (χ0n) is 21.8. The van der Waals surface area contributed by atoms with E-state index in [-0.39, 0.29) is 24.2 Å². The third-order valence-corrected chi connectivity index (χ3v) is 8.08. The first-order chi connectivity index (χ1) is 19.0. The molecule has 3 aromatic rings. The number of likely N-dealkylation sites (tertiary alicyclic amines) is 1. The van der Waals surface area contributed by atoms with Crippen LogP contribution in [0.3, 0.4) is 0 Å². The molecule has 2 atom stereocenters. The van der Waals surface area contributed by atoms with E-state index in [1.807, 2.05) is 47.4 Å². The molecule has 0 saturated carbocycles. The van der Waals surface area contributed by atoms with Gasteiger partial charge in [-0.1, -0.05) is 42.5 Å². The monoisotopic (exact) mass is 530 g/mol. The van der Waals surface area contributed by atoms with Gasteiger partial charge in [0.1, 0.15) is 11.6 Å². The van der Waals surface area contributed by atoms with E-state index in [1.165, 1.54) is 12.1 Å². The SMILES string of the molecule is COc1ccc([C@H]2[C@H](C(=O)N3CCC4(CC3)OCCO4)c3ccccc3C(=O)N2Cc2ccc(F)cc2)cc1. The van der Waals surface area contributed by atoms with Crippen LogP contribution in [0.4, 0.5) is 4.39 Å². The first-order valence-corrected chi connectivity index (χ1v) is 13.3. The van der Waals surface area contributed by atoms with Gasteiger partial charge in [-0.05, 0) is 47.0 Å². The summed E-state index contributed by atoms with van der Waals surface area (Å²) in [7, 11) is 1.60. The van der Waals surface area contributed by atoms with Crippen molar-refractivity contribution in [1.82, 2.24) is 9.80 Å². The molecule has 0 radical (unpaired) electrons. The minimum Gasteiger partial charge on any atom is -0.497 e. The van der Waals surface area contributed by atoms with E-state index in [0.29, 0.717) is 50.5 Å². The molecule has 2 amide bonds. The number of halogens is 1. The standard InChI is InChI=1S/C31H31FN2O5/c1-37-24-12-8-22(9-13-24)28-27(30(36)33-16-14-31(15-17-33)38-18-19-39-31)25-4-2-3-5-26(25)29(35)34(28)20-21-6-10-23(32)11-7-21/h2-13,27-28H,14-20H2,1H3/t27-,28+/m1/s1. The summed E-state index contributed by atoms with van der Waals surface area (Å²) in [6, 6.07) is 20.4. The molecule has 0 aliphatic carbocycles. The van der Waals surface area contributed by atoms with E-state index >= 15 is 0 Å². The van der Waals surface area contributed by atoms with Crippen LogP contribution < -0.4 is 4.74 Å². The molecule has 3 aliphatic heterocycles. The summed E-state index contributed by atoms with van der Waals surface area (Å²) in [5.41, 5.74) is 2.84. The van der Waals surface area contributed by atoms with Crippen LogP contribution in [0.2, 0.25) is 0 Å². The molecule has 39 heavy (non-hydrogen) atoms. The number of hydrogen-bond donors (Lipinski definition) is 0. The van der Waals surface area contributed by atoms with Crippen LogP contribution in [0.1, 0.15) is 51.8 Å². The second-order valence-corrected chi connectivity index (χ2v) is 10.3. The van der Waals surface area contributed by atoms with Gasteiger partial charge in [0, 0.05) is 38.0 Å². The summed E-state index contributed by atoms with van der Waals surface area (Å²) < 4.78 is 30.8. The molecule has 7 nitrogen and oxygen atoms in total. The molecule has 0 aromatic heterocycles. The highest BCUT2D eigenvalue weighted by molar-refractivity contribution is 6.01. The van der Waals surface area contributed by atoms with Crippen molar-refractivity contribution >= 4 is 11.8 Å². The van der Waals surface area contributed by atoms with Crippen molar-refractivity contribution in [2.45, 2.75) is 37.1 Å². The zero-order valence-corrected chi connectivity index (χ0v) is 21.8. The van der Waals surface area contributed by atoms with Gasteiger partial charge in [-0.25, -0.2) is 4.39 Å². The summed E-state index contributed by atoms with van der Waals surface area (Å²) in [5, 5.41) is 0. The van der Waals surface area contributed by atoms with E-state index in [1.54, 1.807) is 30.2 Å². The first kappa shape index (κ1) is 25.5. The van der Waals surface area contributed by atoms with Crippen LogP contribution >= 0.6 is 0 Å². The second kappa shape index (κ2) is 10.4. The fourth-order valence-electron chi connectivity index (χ4n) is 6.04. The van der Waals surface area contributed by atoms with E-state index < -0.39 is 17.7 Å². The van der Waals surface area contributed by atoms with Gasteiger partial charge in [-0.15, -0.1) is 0 Å². The average molecular weight is 531 g/mol. The van der Waals surface area contributed by atoms with Gasteiger partial charge in [0.25, 0.3) is 5.91 Å². The van der Waals surface area contributed by atoms with Crippen molar-refractivity contribution in [3.05, 3.63) is 101 Å². The highest BCUT2D eigenvalue weighted by atomic mass is 19.1. The lowest BCUT2D eigenvalue weighted by atomic mass is 9.78. The van der Waals surface area contributed by atoms with Gasteiger partial charge in [-0.2, -0.15) is 0 Å². The Hall–Kier alpha value is -3.75. The predicted octanol–water partition coefficient (Wildman–Crippen LogP) is 4.68. The molecule has 0 N–H and O–H groups in total. The van der Waals surface area contributed by atoms with E-state index in [4.69, 9.17) is 14.2 Å². The highest BCUT2D eigenvalue weighted by Crippen LogP contribution is 2.45. The summed E-state index contributed by atoms with van der Waals surface area (Å²) in [5.74, 6) is -1.06. The predicted molar refractivity (Wildman–Crippen MR) is 142 cm³/mol. The minimum absolute atomic E-state index is 0.0345. The molecule has 2 fully saturated rings. The lowest BCUT2D eigenvalue weighted by Gasteiger charge is -2.45. The zero-order chi connectivity index (χ0) is 27.0. The van der Waals surface area contributed by atoms with Crippen LogP contribution in [-0.2, 0) is 20.8 Å². The second-order valence-electron chi connectivity index (χ2n) is 10.3. The molecule has 0 unspecified atom stereocenters. The van der Waals surface area contributed by atoms with Crippen molar-refractivity contribution < 1.29 is 28.2 Å². The Morgan fingerprint density at radius 3 is 2.31 bits per heavy atom. The topological polar surface area (TPSA) is 68.3 Å². The van der Waals surface area contributed by atoms with Gasteiger partial charge < -0.3 is 24.0 Å². The normalized spacial score (nSPS) is 22.2. The van der Waals surface area contributed by atoms with Crippen molar-refractivity contribution in [1.29, 1.82) is 0 Å². The van der Waals surface area contributed by atoms with Gasteiger partial charge >= 0.3 is 0 Å². The van der Waals surface area contributed by atoms with Gasteiger partial charge in [0.2, 0.25) is 5.91 Å². The number of benzene rings is 3. The van der Waals surface area contributed by atoms with Crippen LogP contribution in [0.25, 0.3) is 0 Å². The van der Waals surface area contributed by atoms with E-state index in [2.05, 4.69) is 0 Å². The molecular formula is C31H31FN2O5. The largest absolute Gasteiger partial charge is 0.497 e. The molecule has 1 spiro atoms. The number of ether oxygens (including phenoxy) is 3. The smallest absolute Gasteiger partial charge is 0.255 e. The summed E-state index contributed by atoms with van der Waals surface area (Å²) in [6.45, 7) is 2.41. The number of nitrogens with zero attached hydrogens (tertiary/aromatic N) is 2. The molecule has 0 bridgehead atoms. The van der Waals surface area contributed by atoms with Gasteiger partial charge in [0.05, 0.1) is 32.3 Å². The third kappa shape index (κ3) is 4.79. The average Bonchev–Trinajstić information content (AvgIpc) is 3.43. The fraction of sp³-hybridized carbons (Fsp3) is 0.355. The molecule has 2 saturated heterocycles. The number of piperidine rings is 1. The number of methoxy groups -OCH3 is 1. The Kier molecular flexibility index (Phi) is 6.83. The Morgan fingerprint density at radius 2 is 1.64 bits per heavy atom. The fourth-order valence-corrected chi connectivity index (χ4v) is 6.04. The number of rotatable bonds is 5. The number of carbonyl (C=O) groups is 2. The number of fused-ring (bicyclic) bond motifs is 1. The Morgan fingerprint density at radius 1 is 0.974 bits per heavy atom. The maximum absolute atomic E-state index is 14.4. The Balaban J connectivity index is 1.41. The van der Waals surface area contributed by atoms with Crippen molar-refractivity contribution in [2.75, 3.05) is 33.4 Å². The first-order valence-electron chi connectivity index (χ1n) is 13.3. The molecule has 3 aliphatic rings. The summed E-state index contributed by atoms with van der Waals surface area (Å²) in [4.78, 5) is 32.0. The van der Waals surface area contributed by atoms with Gasteiger partial charge in [0.15, 0.2) is 5.79 Å². The van der Waals surface area contributed by atoms with E-state index in [9.17, 15) is 14.0 Å². The number of hydrogen-bond acceptors (Lipinski definition) is 5. The third-order valence-electron chi connectivity index (χ3n) is 8.08. The Labute approximate surface area is 227 Å². The lowest BCUT2D eigenvalue weighted by molar-refractivity contribution is -0.188. The van der Waals surface area contributed by atoms with Crippen molar-refractivity contribution in [3.8, 4) is 5.75 Å². The maximum Gasteiger partial charge on any atom is 0.255 e. The molecule has 8 heteroatoms. The Bertz CT molecular complexity index is 1340. The van der Waals surface area contributed by atoms with Crippen LogP contribution in [0, 0.1) is 5.82 Å². The molecule has 3 heterocycles. The molecular weight excluding hydrogens is 499 g/mol. The molecule has 202 valence electrons. The van der Waals surface area contributed by atoms with Crippen molar-refractivity contribution in [2.24, 2.45) is 0 Å². The quantitative estimate of drug-likeness (QED) is 0.479. The highest BCUT2D eigenvalue weighted by Gasteiger charge is 2.47. The number of carbonyl (C=O) groups excluding carboxylic acids is 2. The maximum atomic E-state index is 14.4. The minimum atomic E-state index is -0.618. The van der Waals surface area contributed by atoms with Crippen LogP contribution in [-0.4, -0.2) is 60.8 Å². The molecule has 3 aromatic carbocycles. The number of amides is 2. The summed E-state index contributed by atoms with van der Waals surface area (Å²) in [6.07, 6.45) is 1.22. The lowest BCUT2D eigenvalue weighted by Crippen LogP contribution is -2.52. The van der Waals surface area contributed by atoms with Crippen LogP contribution in [0.5, 0.6) is 5.75 Å². The van der Waals surface area contributed by atoms with Crippen molar-refractivity contribution in [3.63, 3.8) is 0 Å². The van der Waals surface area contributed by atoms with E-state index in [0.717, 1.165) is 16.7 Å². The van der Waals surface area contributed by atoms with Gasteiger partial charge in [-0.3, -0.25) is 9.59 Å². The summed E-state index contributed by atoms with van der Waals surface area (Å²) >= 11 is 0.